The molecule has 0 aliphatic carbocycles. The molecule has 144 valence electrons. The predicted molar refractivity (Wildman–Crippen MR) is 99.9 cm³/mol. The zero-order valence-corrected chi connectivity index (χ0v) is 15.4. The third-order valence-corrected chi connectivity index (χ3v) is 3.90. The molecule has 0 aliphatic rings. The standard InChI is InChI=1S/C18H23N5O4/c1-11-9-20-23(10-11)14-5-4-12(16(19)26)8-13(14)21-17(27)22-18(2,3)7-6-15(24)25/h4-5,8-10H,6-7H2,1-3H3,(H2,19,26)(H,24,25)(H2,21,22,27). The molecule has 9 nitrogen and oxygen atoms in total. The lowest BCUT2D eigenvalue weighted by molar-refractivity contribution is -0.137. The number of aromatic nitrogens is 2. The van der Waals surface area contributed by atoms with E-state index in [9.17, 15) is 14.4 Å². The smallest absolute Gasteiger partial charge is 0.319 e. The first kappa shape index (κ1) is 20.0. The molecule has 27 heavy (non-hydrogen) atoms. The van der Waals surface area contributed by atoms with Crippen LogP contribution in [0.25, 0.3) is 5.69 Å². The average molecular weight is 373 g/mol. The van der Waals surface area contributed by atoms with Crippen LogP contribution in [0, 0.1) is 6.92 Å². The number of benzene rings is 1. The third-order valence-electron chi connectivity index (χ3n) is 3.90. The highest BCUT2D eigenvalue weighted by Crippen LogP contribution is 2.22. The Morgan fingerprint density at radius 3 is 2.56 bits per heavy atom. The Bertz CT molecular complexity index is 872. The molecular weight excluding hydrogens is 350 g/mol. The first-order chi connectivity index (χ1) is 12.6. The molecule has 0 unspecified atom stereocenters. The van der Waals surface area contributed by atoms with Crippen molar-refractivity contribution in [3.63, 3.8) is 0 Å². The number of aryl methyl sites for hydroxylation is 1. The van der Waals surface area contributed by atoms with Gasteiger partial charge in [0.2, 0.25) is 5.91 Å². The molecule has 2 aromatic rings. The van der Waals surface area contributed by atoms with Gasteiger partial charge in [-0.05, 0) is 51.0 Å². The van der Waals surface area contributed by atoms with Gasteiger partial charge in [-0.25, -0.2) is 9.48 Å². The Kier molecular flexibility index (Phi) is 5.84. The van der Waals surface area contributed by atoms with Crippen molar-refractivity contribution in [3.8, 4) is 5.69 Å². The van der Waals surface area contributed by atoms with Crippen molar-refractivity contribution < 1.29 is 19.5 Å². The van der Waals surface area contributed by atoms with Crippen molar-refractivity contribution in [1.82, 2.24) is 15.1 Å². The van der Waals surface area contributed by atoms with Crippen LogP contribution in [0.5, 0.6) is 0 Å². The highest BCUT2D eigenvalue weighted by atomic mass is 16.4. The normalized spacial score (nSPS) is 11.1. The van der Waals surface area contributed by atoms with E-state index in [-0.39, 0.29) is 18.4 Å². The van der Waals surface area contributed by atoms with E-state index in [1.165, 1.54) is 6.07 Å². The van der Waals surface area contributed by atoms with Gasteiger partial charge in [0.25, 0.3) is 0 Å². The van der Waals surface area contributed by atoms with Crippen LogP contribution in [0.3, 0.4) is 0 Å². The van der Waals surface area contributed by atoms with E-state index in [1.807, 2.05) is 6.92 Å². The number of rotatable bonds is 7. The Labute approximate surface area is 156 Å². The molecule has 1 aromatic heterocycles. The number of hydrogen-bond donors (Lipinski definition) is 4. The maximum Gasteiger partial charge on any atom is 0.319 e. The van der Waals surface area contributed by atoms with Crippen molar-refractivity contribution in [3.05, 3.63) is 41.7 Å². The van der Waals surface area contributed by atoms with E-state index in [0.717, 1.165) is 5.56 Å². The highest BCUT2D eigenvalue weighted by Gasteiger charge is 2.22. The maximum absolute atomic E-state index is 12.4. The first-order valence-corrected chi connectivity index (χ1v) is 8.34. The summed E-state index contributed by atoms with van der Waals surface area (Å²) >= 11 is 0. The number of anilines is 1. The fourth-order valence-corrected chi connectivity index (χ4v) is 2.48. The molecule has 5 N–H and O–H groups in total. The molecule has 0 atom stereocenters. The number of nitrogens with two attached hydrogens (primary N) is 1. The van der Waals surface area contributed by atoms with Gasteiger partial charge in [-0.15, -0.1) is 0 Å². The van der Waals surface area contributed by atoms with E-state index >= 15 is 0 Å². The maximum atomic E-state index is 12.4. The number of carboxylic acids is 1. The fourth-order valence-electron chi connectivity index (χ4n) is 2.48. The molecule has 0 radical (unpaired) electrons. The number of nitrogens with zero attached hydrogens (tertiary/aromatic N) is 2. The highest BCUT2D eigenvalue weighted by molar-refractivity contribution is 5.97. The van der Waals surface area contributed by atoms with Crippen LogP contribution >= 0.6 is 0 Å². The van der Waals surface area contributed by atoms with E-state index in [0.29, 0.717) is 11.4 Å². The average Bonchev–Trinajstić information content (AvgIpc) is 2.98. The molecule has 0 saturated heterocycles. The number of primary amides is 1. The molecule has 1 aromatic carbocycles. The van der Waals surface area contributed by atoms with Crippen molar-refractivity contribution >= 4 is 23.6 Å². The number of nitrogens with one attached hydrogen (secondary N) is 2. The number of carbonyl (C=O) groups is 3. The van der Waals surface area contributed by atoms with Gasteiger partial charge in [0.15, 0.2) is 0 Å². The summed E-state index contributed by atoms with van der Waals surface area (Å²) in [7, 11) is 0. The van der Waals surface area contributed by atoms with Crippen LogP contribution in [0.1, 0.15) is 42.6 Å². The zero-order valence-electron chi connectivity index (χ0n) is 15.4. The summed E-state index contributed by atoms with van der Waals surface area (Å²) in [5.41, 5.74) is 6.68. The minimum atomic E-state index is -0.934. The molecule has 9 heteroatoms. The number of amides is 3. The van der Waals surface area contributed by atoms with Gasteiger partial charge in [-0.2, -0.15) is 5.10 Å². The summed E-state index contributed by atoms with van der Waals surface area (Å²) in [5, 5.41) is 18.5. The molecule has 0 bridgehead atoms. The number of hydrogen-bond acceptors (Lipinski definition) is 4. The Morgan fingerprint density at radius 2 is 2.00 bits per heavy atom. The summed E-state index contributed by atoms with van der Waals surface area (Å²) in [5.74, 6) is -1.56. The van der Waals surface area contributed by atoms with Crippen LogP contribution < -0.4 is 16.4 Å². The zero-order chi connectivity index (χ0) is 20.2. The van der Waals surface area contributed by atoms with Gasteiger partial charge in [0.05, 0.1) is 17.6 Å². The van der Waals surface area contributed by atoms with Crippen molar-refractivity contribution in [2.24, 2.45) is 5.73 Å². The summed E-state index contributed by atoms with van der Waals surface area (Å²) in [4.78, 5) is 34.7. The number of urea groups is 1. The van der Waals surface area contributed by atoms with Crippen molar-refractivity contribution in [1.29, 1.82) is 0 Å². The van der Waals surface area contributed by atoms with Crippen LogP contribution in [0.2, 0.25) is 0 Å². The van der Waals surface area contributed by atoms with Gasteiger partial charge in [0.1, 0.15) is 0 Å². The lowest BCUT2D eigenvalue weighted by Gasteiger charge is -2.26. The summed E-state index contributed by atoms with van der Waals surface area (Å²) in [6.07, 6.45) is 3.64. The minimum absolute atomic E-state index is 0.0672. The van der Waals surface area contributed by atoms with Crippen LogP contribution in [0.4, 0.5) is 10.5 Å². The van der Waals surface area contributed by atoms with Gasteiger partial charge < -0.3 is 21.5 Å². The second-order valence-corrected chi connectivity index (χ2v) is 6.92. The molecule has 0 saturated carbocycles. The summed E-state index contributed by atoms with van der Waals surface area (Å²) in [6, 6.07) is 4.13. The molecule has 0 aliphatic heterocycles. The molecule has 3 amide bonds. The van der Waals surface area contributed by atoms with Crippen LogP contribution in [-0.4, -0.2) is 38.3 Å². The number of carbonyl (C=O) groups excluding carboxylic acids is 2. The molecular formula is C18H23N5O4. The van der Waals surface area contributed by atoms with Crippen molar-refractivity contribution in [2.45, 2.75) is 39.2 Å². The Balaban J connectivity index is 2.25. The van der Waals surface area contributed by atoms with Crippen molar-refractivity contribution in [2.75, 3.05) is 5.32 Å². The van der Waals surface area contributed by atoms with Gasteiger partial charge >= 0.3 is 12.0 Å². The minimum Gasteiger partial charge on any atom is -0.481 e. The lowest BCUT2D eigenvalue weighted by Crippen LogP contribution is -2.45. The van der Waals surface area contributed by atoms with E-state index in [4.69, 9.17) is 10.8 Å². The topological polar surface area (TPSA) is 139 Å². The third kappa shape index (κ3) is 5.56. The molecule has 2 rings (SSSR count). The predicted octanol–water partition coefficient (Wildman–Crippen LogP) is 2.04. The first-order valence-electron chi connectivity index (χ1n) is 8.34. The Hall–Kier alpha value is -3.36. The largest absolute Gasteiger partial charge is 0.481 e. The second-order valence-electron chi connectivity index (χ2n) is 6.92. The van der Waals surface area contributed by atoms with Crippen LogP contribution in [0.15, 0.2) is 30.6 Å². The van der Waals surface area contributed by atoms with E-state index in [2.05, 4.69) is 15.7 Å². The van der Waals surface area contributed by atoms with Gasteiger partial charge in [-0.3, -0.25) is 9.59 Å². The summed E-state index contributed by atoms with van der Waals surface area (Å²) < 4.78 is 1.57. The van der Waals surface area contributed by atoms with E-state index in [1.54, 1.807) is 43.1 Å². The lowest BCUT2D eigenvalue weighted by atomic mass is 9.99. The molecule has 1 heterocycles. The van der Waals surface area contributed by atoms with Gasteiger partial charge in [0, 0.05) is 23.7 Å². The molecule has 0 spiro atoms. The van der Waals surface area contributed by atoms with E-state index < -0.39 is 23.4 Å². The summed E-state index contributed by atoms with van der Waals surface area (Å²) in [6.45, 7) is 5.34. The number of carboxylic acid groups (broad SMARTS) is 1. The Morgan fingerprint density at radius 1 is 1.30 bits per heavy atom. The van der Waals surface area contributed by atoms with Gasteiger partial charge in [-0.1, -0.05) is 0 Å². The number of aliphatic carboxylic acids is 1. The molecule has 0 fully saturated rings. The quantitative estimate of drug-likeness (QED) is 0.588. The van der Waals surface area contributed by atoms with Crippen LogP contribution in [-0.2, 0) is 4.79 Å². The second kappa shape index (κ2) is 7.90. The monoisotopic (exact) mass is 373 g/mol. The fraction of sp³-hybridized carbons (Fsp3) is 0.333. The SMILES string of the molecule is Cc1cnn(-c2ccc(C(N)=O)cc2NC(=O)NC(C)(C)CCC(=O)O)c1.